The third kappa shape index (κ3) is 1.19. The van der Waals surface area contributed by atoms with E-state index in [1.807, 2.05) is 7.05 Å². The van der Waals surface area contributed by atoms with Crippen molar-refractivity contribution in [2.24, 2.45) is 7.05 Å². The Morgan fingerprint density at radius 3 is 3.00 bits per heavy atom. The van der Waals surface area contributed by atoms with Gasteiger partial charge < -0.3 is 10.6 Å². The fourth-order valence-electron chi connectivity index (χ4n) is 1.02. The minimum atomic E-state index is 0.548. The van der Waals surface area contributed by atoms with E-state index in [-0.39, 0.29) is 0 Å². The van der Waals surface area contributed by atoms with Crippen LogP contribution in [-0.4, -0.2) is 34.1 Å². The van der Waals surface area contributed by atoms with Crippen LogP contribution in [0.5, 0.6) is 0 Å². The van der Waals surface area contributed by atoms with E-state index in [4.69, 9.17) is 0 Å². The number of nitrogens with one attached hydrogen (secondary N) is 2. The summed E-state index contributed by atoms with van der Waals surface area (Å²) in [6.45, 7) is 2.07. The largest absolute Gasteiger partial charge is 0.364 e. The highest BCUT2D eigenvalue weighted by Crippen LogP contribution is 2.05. The molecule has 1 aliphatic heterocycles. The average molecular weight is 153 g/mol. The highest BCUT2D eigenvalue weighted by Gasteiger charge is 2.16. The monoisotopic (exact) mass is 153 g/mol. The number of anilines is 1. The topological polar surface area (TPSA) is 54.8 Å². The zero-order chi connectivity index (χ0) is 7.68. The fraction of sp³-hybridized carbons (Fsp3) is 0.667. The third-order valence-corrected chi connectivity index (χ3v) is 1.85. The lowest BCUT2D eigenvalue weighted by molar-refractivity contribution is 0.468. The van der Waals surface area contributed by atoms with Crippen LogP contribution in [0.2, 0.25) is 0 Å². The summed E-state index contributed by atoms with van der Waals surface area (Å²) in [7, 11) is 1.88. The van der Waals surface area contributed by atoms with Crippen molar-refractivity contribution < 1.29 is 0 Å². The van der Waals surface area contributed by atoms with Crippen LogP contribution in [0.4, 0.5) is 5.82 Å². The molecule has 2 rings (SSSR count). The lowest BCUT2D eigenvalue weighted by Crippen LogP contribution is -2.51. The first-order valence-corrected chi connectivity index (χ1v) is 3.68. The van der Waals surface area contributed by atoms with Gasteiger partial charge in [-0.3, -0.25) is 0 Å². The summed E-state index contributed by atoms with van der Waals surface area (Å²) in [5.74, 6) is 0.983. The van der Waals surface area contributed by atoms with Crippen LogP contribution in [0.1, 0.15) is 0 Å². The number of hydrogen-bond donors (Lipinski definition) is 2. The number of rotatable bonds is 2. The maximum absolute atomic E-state index is 3.81. The van der Waals surface area contributed by atoms with Crippen molar-refractivity contribution in [3.05, 3.63) is 6.20 Å². The van der Waals surface area contributed by atoms with Gasteiger partial charge in [0.15, 0.2) is 0 Å². The number of hydrogen-bond acceptors (Lipinski definition) is 4. The van der Waals surface area contributed by atoms with Gasteiger partial charge in [0.05, 0.1) is 12.2 Å². The fourth-order valence-corrected chi connectivity index (χ4v) is 1.02. The summed E-state index contributed by atoms with van der Waals surface area (Å²) in [6, 6.07) is 0.548. The van der Waals surface area contributed by atoms with Crippen molar-refractivity contribution in [2.75, 3.05) is 18.4 Å². The number of aromatic nitrogens is 3. The average Bonchev–Trinajstić information content (AvgIpc) is 2.27. The number of nitrogens with zero attached hydrogens (tertiary/aromatic N) is 3. The van der Waals surface area contributed by atoms with Crippen LogP contribution in [-0.2, 0) is 7.05 Å². The first kappa shape index (κ1) is 6.60. The van der Waals surface area contributed by atoms with E-state index < -0.39 is 0 Å². The van der Waals surface area contributed by atoms with Crippen molar-refractivity contribution in [1.82, 2.24) is 20.3 Å². The zero-order valence-electron chi connectivity index (χ0n) is 6.41. The first-order chi connectivity index (χ1) is 5.36. The highest BCUT2D eigenvalue weighted by atomic mass is 15.4. The maximum Gasteiger partial charge on any atom is 0.144 e. The molecule has 0 aliphatic carbocycles. The second kappa shape index (κ2) is 2.50. The normalized spacial score (nSPS) is 17.9. The van der Waals surface area contributed by atoms with E-state index in [1.165, 1.54) is 0 Å². The molecule has 0 aromatic carbocycles. The van der Waals surface area contributed by atoms with Crippen molar-refractivity contribution in [3.63, 3.8) is 0 Å². The molecule has 5 heteroatoms. The van der Waals surface area contributed by atoms with Gasteiger partial charge in [-0.1, -0.05) is 5.21 Å². The van der Waals surface area contributed by atoms with E-state index in [2.05, 4.69) is 20.9 Å². The maximum atomic E-state index is 3.81. The molecule has 1 aromatic heterocycles. The molecule has 0 atom stereocenters. The van der Waals surface area contributed by atoms with Gasteiger partial charge in [-0.25, -0.2) is 4.68 Å². The van der Waals surface area contributed by atoms with E-state index in [9.17, 15) is 0 Å². The van der Waals surface area contributed by atoms with E-state index >= 15 is 0 Å². The molecule has 0 spiro atoms. The lowest BCUT2D eigenvalue weighted by Gasteiger charge is -2.28. The summed E-state index contributed by atoms with van der Waals surface area (Å²) in [5, 5.41) is 14.1. The standard InChI is InChI=1S/C6H11N5/c1-11-6(4-8-10-11)9-5-2-7-3-5/h4-5,7,9H,2-3H2,1H3. The Bertz CT molecular complexity index is 239. The molecule has 1 saturated heterocycles. The molecule has 0 unspecified atom stereocenters. The molecule has 2 heterocycles. The van der Waals surface area contributed by atoms with Crippen LogP contribution in [0.15, 0.2) is 6.20 Å². The summed E-state index contributed by atoms with van der Waals surface area (Å²) >= 11 is 0. The van der Waals surface area contributed by atoms with Crippen LogP contribution in [0, 0.1) is 0 Å². The van der Waals surface area contributed by atoms with Crippen molar-refractivity contribution in [3.8, 4) is 0 Å². The predicted molar refractivity (Wildman–Crippen MR) is 41.3 cm³/mol. The minimum absolute atomic E-state index is 0.548. The Hall–Kier alpha value is -1.10. The van der Waals surface area contributed by atoms with Gasteiger partial charge in [0.25, 0.3) is 0 Å². The van der Waals surface area contributed by atoms with E-state index in [0.717, 1.165) is 18.9 Å². The molecule has 11 heavy (non-hydrogen) atoms. The Labute approximate surface area is 64.8 Å². The smallest absolute Gasteiger partial charge is 0.144 e. The second-order valence-electron chi connectivity index (χ2n) is 2.74. The quantitative estimate of drug-likeness (QED) is 0.584. The molecule has 1 fully saturated rings. The molecule has 0 bridgehead atoms. The number of aryl methyl sites for hydroxylation is 1. The van der Waals surface area contributed by atoms with Crippen LogP contribution < -0.4 is 10.6 Å². The van der Waals surface area contributed by atoms with E-state index in [0.29, 0.717) is 6.04 Å². The predicted octanol–water partition coefficient (Wildman–Crippen LogP) is -0.801. The van der Waals surface area contributed by atoms with Crippen molar-refractivity contribution in [2.45, 2.75) is 6.04 Å². The summed E-state index contributed by atoms with van der Waals surface area (Å²) < 4.78 is 1.73. The first-order valence-electron chi connectivity index (χ1n) is 3.68. The van der Waals surface area contributed by atoms with Crippen molar-refractivity contribution >= 4 is 5.82 Å². The zero-order valence-corrected chi connectivity index (χ0v) is 6.41. The molecule has 0 saturated carbocycles. The Kier molecular flexibility index (Phi) is 1.50. The van der Waals surface area contributed by atoms with Gasteiger partial charge in [0, 0.05) is 20.1 Å². The molecule has 0 radical (unpaired) electrons. The van der Waals surface area contributed by atoms with Crippen molar-refractivity contribution in [1.29, 1.82) is 0 Å². The molecule has 1 aromatic rings. The molecular formula is C6H11N5. The molecule has 5 nitrogen and oxygen atoms in total. The molecular weight excluding hydrogens is 142 g/mol. The van der Waals surface area contributed by atoms with Gasteiger partial charge >= 0.3 is 0 Å². The van der Waals surface area contributed by atoms with Crippen LogP contribution in [0.3, 0.4) is 0 Å². The lowest BCUT2D eigenvalue weighted by atomic mass is 10.2. The molecule has 60 valence electrons. The van der Waals surface area contributed by atoms with Crippen LogP contribution in [0.25, 0.3) is 0 Å². The third-order valence-electron chi connectivity index (χ3n) is 1.85. The van der Waals surface area contributed by atoms with Gasteiger partial charge in [-0.05, 0) is 0 Å². The Balaban J connectivity index is 1.99. The highest BCUT2D eigenvalue weighted by molar-refractivity contribution is 5.33. The summed E-state index contributed by atoms with van der Waals surface area (Å²) in [6.07, 6.45) is 1.73. The molecule has 2 N–H and O–H groups in total. The van der Waals surface area contributed by atoms with Gasteiger partial charge in [-0.15, -0.1) is 5.10 Å². The summed E-state index contributed by atoms with van der Waals surface area (Å²) in [5.41, 5.74) is 0. The minimum Gasteiger partial charge on any atom is -0.364 e. The Morgan fingerprint density at radius 1 is 1.73 bits per heavy atom. The van der Waals surface area contributed by atoms with E-state index in [1.54, 1.807) is 10.9 Å². The van der Waals surface area contributed by atoms with Crippen LogP contribution >= 0.6 is 0 Å². The van der Waals surface area contributed by atoms with Gasteiger partial charge in [0.2, 0.25) is 0 Å². The Morgan fingerprint density at radius 2 is 2.55 bits per heavy atom. The summed E-state index contributed by atoms with van der Waals surface area (Å²) in [4.78, 5) is 0. The molecule has 1 aliphatic rings. The molecule has 0 amide bonds. The van der Waals surface area contributed by atoms with Gasteiger partial charge in [-0.2, -0.15) is 0 Å². The van der Waals surface area contributed by atoms with Gasteiger partial charge in [0.1, 0.15) is 5.82 Å². The second-order valence-corrected chi connectivity index (χ2v) is 2.74. The SMILES string of the molecule is Cn1nncc1NC1CNC1.